The van der Waals surface area contributed by atoms with Crippen molar-refractivity contribution in [2.75, 3.05) is 5.32 Å². The van der Waals surface area contributed by atoms with Crippen molar-refractivity contribution in [3.05, 3.63) is 71.7 Å². The smallest absolute Gasteiger partial charge is 0.266 e. The van der Waals surface area contributed by atoms with Crippen molar-refractivity contribution in [2.24, 2.45) is 0 Å². The van der Waals surface area contributed by atoms with Gasteiger partial charge in [0, 0.05) is 17.1 Å². The number of nitrogens with one attached hydrogen (secondary N) is 1. The molecule has 3 aromatic rings. The first-order valence-electron chi connectivity index (χ1n) is 8.59. The van der Waals surface area contributed by atoms with Crippen LogP contribution in [0.4, 0.5) is 10.2 Å². The lowest BCUT2D eigenvalue weighted by molar-refractivity contribution is -0.122. The summed E-state index contributed by atoms with van der Waals surface area (Å²) in [6.07, 6.45) is -0.673. The zero-order valence-corrected chi connectivity index (χ0v) is 15.5. The molecule has 0 fully saturated rings. The van der Waals surface area contributed by atoms with Crippen LogP contribution in [0.3, 0.4) is 0 Å². The Labute approximate surface area is 160 Å². The van der Waals surface area contributed by atoms with E-state index >= 15 is 0 Å². The maximum Gasteiger partial charge on any atom is 0.266 e. The average Bonchev–Trinajstić information content (AvgIpc) is 3.26. The van der Waals surface area contributed by atoms with Gasteiger partial charge in [0.1, 0.15) is 17.4 Å². The third kappa shape index (κ3) is 3.68. The number of thioether (sulfide) groups is 1. The molecule has 0 radical (unpaired) electrons. The molecule has 1 aliphatic heterocycles. The zero-order valence-electron chi connectivity index (χ0n) is 14.7. The standard InChI is InChI=1S/C20H18FN3O2S/c1-13(26-16-5-3-2-4-6-16)20(25)22-19-17-11-27-12-18(17)23-24(19)15-9-7-14(21)8-10-15/h2-10,13H,11-12H2,1H3,(H,22,25). The minimum Gasteiger partial charge on any atom is -0.481 e. The van der Waals surface area contributed by atoms with Crippen molar-refractivity contribution in [1.82, 2.24) is 9.78 Å². The van der Waals surface area contributed by atoms with E-state index in [1.807, 2.05) is 18.2 Å². The predicted octanol–water partition coefficient (Wildman–Crippen LogP) is 4.16. The molecule has 4 rings (SSSR count). The number of hydrogen-bond donors (Lipinski definition) is 1. The van der Waals surface area contributed by atoms with Crippen molar-refractivity contribution < 1.29 is 13.9 Å². The van der Waals surface area contributed by atoms with E-state index in [-0.39, 0.29) is 11.7 Å². The molecular formula is C20H18FN3O2S. The quantitative estimate of drug-likeness (QED) is 0.719. The largest absolute Gasteiger partial charge is 0.481 e. The second-order valence-corrected chi connectivity index (χ2v) is 7.20. The highest BCUT2D eigenvalue weighted by atomic mass is 32.2. The van der Waals surface area contributed by atoms with Gasteiger partial charge in [0.2, 0.25) is 0 Å². The third-order valence-corrected chi connectivity index (χ3v) is 5.26. The first-order chi connectivity index (χ1) is 13.1. The number of halogens is 1. The summed E-state index contributed by atoms with van der Waals surface area (Å²) in [6, 6.07) is 15.3. The van der Waals surface area contributed by atoms with Gasteiger partial charge in [-0.15, -0.1) is 0 Å². The van der Waals surface area contributed by atoms with E-state index in [0.29, 0.717) is 17.3 Å². The summed E-state index contributed by atoms with van der Waals surface area (Å²) < 4.78 is 20.6. The number of ether oxygens (including phenoxy) is 1. The Balaban J connectivity index is 1.59. The number of nitrogens with zero attached hydrogens (tertiary/aromatic N) is 2. The summed E-state index contributed by atoms with van der Waals surface area (Å²) in [5, 5.41) is 7.56. The monoisotopic (exact) mass is 383 g/mol. The minimum absolute atomic E-state index is 0.262. The van der Waals surface area contributed by atoms with Gasteiger partial charge in [0.15, 0.2) is 6.10 Å². The van der Waals surface area contributed by atoms with Crippen LogP contribution in [0.1, 0.15) is 18.2 Å². The van der Waals surface area contributed by atoms with E-state index in [1.165, 1.54) is 12.1 Å². The Hall–Kier alpha value is -2.80. The average molecular weight is 383 g/mol. The van der Waals surface area contributed by atoms with Gasteiger partial charge in [-0.3, -0.25) is 4.79 Å². The van der Waals surface area contributed by atoms with E-state index in [9.17, 15) is 9.18 Å². The van der Waals surface area contributed by atoms with Crippen molar-refractivity contribution >= 4 is 23.5 Å². The fraction of sp³-hybridized carbons (Fsp3) is 0.200. The van der Waals surface area contributed by atoms with Crippen LogP contribution in [0, 0.1) is 5.82 Å². The Morgan fingerprint density at radius 3 is 2.67 bits per heavy atom. The molecule has 1 aliphatic rings. The number of fused-ring (bicyclic) bond motifs is 1. The van der Waals surface area contributed by atoms with Gasteiger partial charge < -0.3 is 10.1 Å². The number of carbonyl (C=O) groups excluding carboxylic acids is 1. The lowest BCUT2D eigenvalue weighted by Gasteiger charge is -2.16. The molecule has 27 heavy (non-hydrogen) atoms. The van der Waals surface area contributed by atoms with Gasteiger partial charge in [-0.05, 0) is 43.3 Å². The molecule has 0 saturated carbocycles. The first-order valence-corrected chi connectivity index (χ1v) is 9.74. The van der Waals surface area contributed by atoms with E-state index < -0.39 is 6.10 Å². The number of benzene rings is 2. The summed E-state index contributed by atoms with van der Waals surface area (Å²) in [4.78, 5) is 12.7. The summed E-state index contributed by atoms with van der Waals surface area (Å²) in [7, 11) is 0. The number of amides is 1. The van der Waals surface area contributed by atoms with Gasteiger partial charge in [-0.1, -0.05) is 18.2 Å². The van der Waals surface area contributed by atoms with Crippen LogP contribution in [0.2, 0.25) is 0 Å². The van der Waals surface area contributed by atoms with Crippen molar-refractivity contribution in [3.63, 3.8) is 0 Å². The molecule has 2 heterocycles. The maximum atomic E-state index is 13.3. The Morgan fingerprint density at radius 2 is 1.93 bits per heavy atom. The predicted molar refractivity (Wildman–Crippen MR) is 104 cm³/mol. The second kappa shape index (κ2) is 7.44. The second-order valence-electron chi connectivity index (χ2n) is 6.22. The highest BCUT2D eigenvalue weighted by Crippen LogP contribution is 2.36. The van der Waals surface area contributed by atoms with Gasteiger partial charge >= 0.3 is 0 Å². The van der Waals surface area contributed by atoms with Gasteiger partial charge in [0.25, 0.3) is 5.91 Å². The van der Waals surface area contributed by atoms with Crippen molar-refractivity contribution in [1.29, 1.82) is 0 Å². The number of carbonyl (C=O) groups is 1. The van der Waals surface area contributed by atoms with E-state index in [0.717, 1.165) is 22.8 Å². The minimum atomic E-state index is -0.673. The van der Waals surface area contributed by atoms with Gasteiger partial charge in [-0.2, -0.15) is 16.9 Å². The molecule has 1 unspecified atom stereocenters. The van der Waals surface area contributed by atoms with Crippen LogP contribution in [0.25, 0.3) is 5.69 Å². The van der Waals surface area contributed by atoms with E-state index in [4.69, 9.17) is 4.74 Å². The molecule has 1 N–H and O–H groups in total. The van der Waals surface area contributed by atoms with Crippen LogP contribution in [0.15, 0.2) is 54.6 Å². The zero-order chi connectivity index (χ0) is 18.8. The Kier molecular flexibility index (Phi) is 4.85. The Morgan fingerprint density at radius 1 is 1.19 bits per heavy atom. The number of rotatable bonds is 5. The summed E-state index contributed by atoms with van der Waals surface area (Å²) in [6.45, 7) is 1.70. The third-order valence-electron chi connectivity index (χ3n) is 4.29. The maximum absolute atomic E-state index is 13.3. The van der Waals surface area contributed by atoms with Crippen molar-refractivity contribution in [3.8, 4) is 11.4 Å². The highest BCUT2D eigenvalue weighted by molar-refractivity contribution is 7.98. The molecular weight excluding hydrogens is 365 g/mol. The molecule has 7 heteroatoms. The van der Waals surface area contributed by atoms with Crippen LogP contribution < -0.4 is 10.1 Å². The number of aromatic nitrogens is 2. The van der Waals surface area contributed by atoms with Crippen LogP contribution in [-0.2, 0) is 16.3 Å². The van der Waals surface area contributed by atoms with E-state index in [1.54, 1.807) is 47.6 Å². The molecule has 1 aromatic heterocycles. The fourth-order valence-corrected chi connectivity index (χ4v) is 3.92. The molecule has 2 aromatic carbocycles. The first kappa shape index (κ1) is 17.6. The van der Waals surface area contributed by atoms with Gasteiger partial charge in [0.05, 0.1) is 11.4 Å². The molecule has 1 amide bonds. The number of para-hydroxylation sites is 1. The molecule has 138 valence electrons. The molecule has 0 saturated heterocycles. The van der Waals surface area contributed by atoms with E-state index in [2.05, 4.69) is 10.4 Å². The molecule has 5 nitrogen and oxygen atoms in total. The lowest BCUT2D eigenvalue weighted by atomic mass is 10.2. The fourth-order valence-electron chi connectivity index (χ4n) is 2.89. The molecule has 1 atom stereocenters. The SMILES string of the molecule is CC(Oc1ccccc1)C(=O)Nc1c2c(nn1-c1ccc(F)cc1)CSC2. The lowest BCUT2D eigenvalue weighted by Crippen LogP contribution is -2.31. The molecule has 0 bridgehead atoms. The van der Waals surface area contributed by atoms with Crippen LogP contribution in [-0.4, -0.2) is 21.8 Å². The summed E-state index contributed by atoms with van der Waals surface area (Å²) >= 11 is 1.75. The van der Waals surface area contributed by atoms with Crippen molar-refractivity contribution in [2.45, 2.75) is 24.5 Å². The van der Waals surface area contributed by atoms with Gasteiger partial charge in [-0.25, -0.2) is 9.07 Å². The topological polar surface area (TPSA) is 56.1 Å². The number of anilines is 1. The Bertz CT molecular complexity index is 957. The van der Waals surface area contributed by atoms with Crippen LogP contribution in [0.5, 0.6) is 5.75 Å². The molecule has 0 spiro atoms. The number of hydrogen-bond acceptors (Lipinski definition) is 4. The summed E-state index contributed by atoms with van der Waals surface area (Å²) in [5.74, 6) is 2.25. The van der Waals surface area contributed by atoms with Crippen LogP contribution >= 0.6 is 11.8 Å². The normalized spacial score (nSPS) is 13.9. The highest BCUT2D eigenvalue weighted by Gasteiger charge is 2.26. The molecule has 0 aliphatic carbocycles. The summed E-state index contributed by atoms with van der Waals surface area (Å²) in [5.41, 5.74) is 2.64.